The summed E-state index contributed by atoms with van der Waals surface area (Å²) in [5, 5.41) is 6.51. The number of hydrogen-bond donors (Lipinski definition) is 2. The molecule has 1 aliphatic rings. The summed E-state index contributed by atoms with van der Waals surface area (Å²) in [6.45, 7) is 7.36. The first-order valence-electron chi connectivity index (χ1n) is 9.35. The average molecular weight is 369 g/mol. The van der Waals surface area contributed by atoms with Crippen molar-refractivity contribution in [2.75, 3.05) is 6.54 Å². The van der Waals surface area contributed by atoms with Crippen LogP contribution >= 0.6 is 11.8 Å². The number of aryl methyl sites for hydroxylation is 2. The molecule has 0 spiro atoms. The molecule has 3 atom stereocenters. The Hall–Kier alpha value is -1.78. The van der Waals surface area contributed by atoms with Gasteiger partial charge in [0.25, 0.3) is 0 Å². The first kappa shape index (κ1) is 19.0. The molecule has 2 N–H and O–H groups in total. The second-order valence-electron chi connectivity index (χ2n) is 7.26. The lowest BCUT2D eigenvalue weighted by Gasteiger charge is -2.30. The number of carbonyl (C=O) groups is 1. The smallest absolute Gasteiger partial charge is 0.238 e. The van der Waals surface area contributed by atoms with Gasteiger partial charge in [-0.1, -0.05) is 48.0 Å². The van der Waals surface area contributed by atoms with Crippen LogP contribution in [-0.2, 0) is 4.79 Å². The summed E-state index contributed by atoms with van der Waals surface area (Å²) < 4.78 is 0. The highest BCUT2D eigenvalue weighted by molar-refractivity contribution is 8.00. The topological polar surface area (TPSA) is 41.1 Å². The molecule has 138 valence electrons. The Bertz CT molecular complexity index is 747. The summed E-state index contributed by atoms with van der Waals surface area (Å²) in [7, 11) is 0. The van der Waals surface area contributed by atoms with Gasteiger partial charge >= 0.3 is 0 Å². The minimum Gasteiger partial charge on any atom is -0.352 e. The minimum absolute atomic E-state index is 0.111. The number of amides is 1. The molecule has 3 nitrogen and oxygen atoms in total. The zero-order chi connectivity index (χ0) is 18.5. The monoisotopic (exact) mass is 368 g/mol. The van der Waals surface area contributed by atoms with Crippen molar-refractivity contribution in [3.05, 3.63) is 65.2 Å². The van der Waals surface area contributed by atoms with Crippen LogP contribution in [-0.4, -0.2) is 24.5 Å². The first-order chi connectivity index (χ1) is 12.5. The fraction of sp³-hybridized carbons (Fsp3) is 0.409. The minimum atomic E-state index is -0.234. The standard InChI is InChI=1S/C22H28N2OS/c1-15-9-10-20(16(2)13-15)26-21(18-7-5-4-6-8-18)22(25)24-19-11-12-23-17(3)14-19/h4-10,13,17,19,21,23H,11-12,14H2,1-3H3,(H,24,25). The van der Waals surface area contributed by atoms with Crippen molar-refractivity contribution in [3.63, 3.8) is 0 Å². The molecule has 0 bridgehead atoms. The molecule has 0 radical (unpaired) electrons. The Balaban J connectivity index is 1.80. The summed E-state index contributed by atoms with van der Waals surface area (Å²) in [5.41, 5.74) is 3.52. The van der Waals surface area contributed by atoms with E-state index >= 15 is 0 Å². The molecule has 1 amide bonds. The van der Waals surface area contributed by atoms with Crippen LogP contribution in [0.15, 0.2) is 53.4 Å². The fourth-order valence-electron chi connectivity index (χ4n) is 3.50. The molecule has 2 aromatic rings. The molecule has 1 aliphatic heterocycles. The summed E-state index contributed by atoms with van der Waals surface area (Å²) >= 11 is 1.65. The van der Waals surface area contributed by atoms with Crippen LogP contribution in [0, 0.1) is 13.8 Å². The number of nitrogens with one attached hydrogen (secondary N) is 2. The summed E-state index contributed by atoms with van der Waals surface area (Å²) in [4.78, 5) is 14.3. The van der Waals surface area contributed by atoms with Crippen LogP contribution in [0.5, 0.6) is 0 Å². The Morgan fingerprint density at radius 2 is 1.96 bits per heavy atom. The second-order valence-corrected chi connectivity index (χ2v) is 8.41. The van der Waals surface area contributed by atoms with Gasteiger partial charge in [0.1, 0.15) is 5.25 Å². The predicted octanol–water partition coefficient (Wildman–Crippen LogP) is 4.39. The molecule has 4 heteroatoms. The van der Waals surface area contributed by atoms with Gasteiger partial charge in [0.15, 0.2) is 0 Å². The summed E-state index contributed by atoms with van der Waals surface area (Å²) in [5.74, 6) is 0.111. The molecule has 1 heterocycles. The highest BCUT2D eigenvalue weighted by Gasteiger charge is 2.27. The summed E-state index contributed by atoms with van der Waals surface area (Å²) in [6, 6.07) is 17.2. The van der Waals surface area contributed by atoms with Crippen molar-refractivity contribution in [1.29, 1.82) is 0 Å². The number of thioether (sulfide) groups is 1. The molecule has 2 aromatic carbocycles. The van der Waals surface area contributed by atoms with Gasteiger partial charge in [0.2, 0.25) is 5.91 Å². The molecule has 0 aromatic heterocycles. The highest BCUT2D eigenvalue weighted by Crippen LogP contribution is 2.37. The lowest BCUT2D eigenvalue weighted by molar-refractivity contribution is -0.121. The van der Waals surface area contributed by atoms with E-state index in [0.717, 1.165) is 24.9 Å². The van der Waals surface area contributed by atoms with Gasteiger partial charge < -0.3 is 10.6 Å². The van der Waals surface area contributed by atoms with E-state index in [0.29, 0.717) is 6.04 Å². The van der Waals surface area contributed by atoms with Crippen LogP contribution in [0.2, 0.25) is 0 Å². The van der Waals surface area contributed by atoms with Crippen LogP contribution in [0.1, 0.15) is 41.7 Å². The van der Waals surface area contributed by atoms with E-state index in [2.05, 4.69) is 49.6 Å². The first-order valence-corrected chi connectivity index (χ1v) is 10.2. The van der Waals surface area contributed by atoms with Crippen molar-refractivity contribution < 1.29 is 4.79 Å². The van der Waals surface area contributed by atoms with Crippen molar-refractivity contribution in [3.8, 4) is 0 Å². The molecule has 3 rings (SSSR count). The number of hydrogen-bond acceptors (Lipinski definition) is 3. The molecular formula is C22H28N2OS. The van der Waals surface area contributed by atoms with Gasteiger partial charge in [-0.2, -0.15) is 0 Å². The van der Waals surface area contributed by atoms with Gasteiger partial charge in [0, 0.05) is 17.0 Å². The molecule has 0 saturated carbocycles. The molecule has 1 saturated heterocycles. The third kappa shape index (κ3) is 4.89. The molecule has 26 heavy (non-hydrogen) atoms. The molecule has 3 unspecified atom stereocenters. The van der Waals surface area contributed by atoms with E-state index in [1.165, 1.54) is 16.0 Å². The maximum absolute atomic E-state index is 13.1. The Labute approximate surface area is 161 Å². The van der Waals surface area contributed by atoms with Gasteiger partial charge in [-0.05, 0) is 57.4 Å². The molecule has 0 aliphatic carbocycles. The summed E-state index contributed by atoms with van der Waals surface area (Å²) in [6.07, 6.45) is 1.98. The van der Waals surface area contributed by atoms with Crippen molar-refractivity contribution in [1.82, 2.24) is 10.6 Å². The van der Waals surface area contributed by atoms with E-state index < -0.39 is 0 Å². The van der Waals surface area contributed by atoms with E-state index in [9.17, 15) is 4.79 Å². The van der Waals surface area contributed by atoms with Crippen LogP contribution in [0.3, 0.4) is 0 Å². The van der Waals surface area contributed by atoms with Crippen molar-refractivity contribution >= 4 is 17.7 Å². The number of benzene rings is 2. The van der Waals surface area contributed by atoms with Gasteiger partial charge in [-0.3, -0.25) is 4.79 Å². The van der Waals surface area contributed by atoms with Crippen molar-refractivity contribution in [2.24, 2.45) is 0 Å². The van der Waals surface area contributed by atoms with Gasteiger partial charge in [-0.15, -0.1) is 11.8 Å². The second kappa shape index (κ2) is 8.74. The van der Waals surface area contributed by atoms with E-state index in [-0.39, 0.29) is 17.2 Å². The SMILES string of the molecule is Cc1ccc(SC(C(=O)NC2CCNC(C)C2)c2ccccc2)c(C)c1. The molecule has 1 fully saturated rings. The Kier molecular flexibility index (Phi) is 6.38. The number of piperidine rings is 1. The van der Waals surface area contributed by atoms with Gasteiger partial charge in [-0.25, -0.2) is 0 Å². The number of carbonyl (C=O) groups excluding carboxylic acids is 1. The lowest BCUT2D eigenvalue weighted by atomic mass is 10.00. The van der Waals surface area contributed by atoms with Crippen LogP contribution < -0.4 is 10.6 Å². The third-order valence-corrected chi connectivity index (χ3v) is 6.32. The zero-order valence-electron chi connectivity index (χ0n) is 15.8. The Morgan fingerprint density at radius 1 is 1.19 bits per heavy atom. The maximum atomic E-state index is 13.1. The fourth-order valence-corrected chi connectivity index (χ4v) is 4.61. The van der Waals surface area contributed by atoms with Crippen LogP contribution in [0.4, 0.5) is 0 Å². The zero-order valence-corrected chi connectivity index (χ0v) is 16.6. The quantitative estimate of drug-likeness (QED) is 0.769. The van der Waals surface area contributed by atoms with E-state index in [1.807, 2.05) is 30.3 Å². The van der Waals surface area contributed by atoms with Crippen LogP contribution in [0.25, 0.3) is 0 Å². The largest absolute Gasteiger partial charge is 0.352 e. The van der Waals surface area contributed by atoms with Gasteiger partial charge in [0.05, 0.1) is 0 Å². The number of rotatable bonds is 5. The lowest BCUT2D eigenvalue weighted by Crippen LogP contribution is -2.47. The predicted molar refractivity (Wildman–Crippen MR) is 110 cm³/mol. The molecular weight excluding hydrogens is 340 g/mol. The third-order valence-electron chi connectivity index (χ3n) is 4.89. The Morgan fingerprint density at radius 3 is 2.65 bits per heavy atom. The van der Waals surface area contributed by atoms with E-state index in [4.69, 9.17) is 0 Å². The highest BCUT2D eigenvalue weighted by atomic mass is 32.2. The normalized spacial score (nSPS) is 21.2. The van der Waals surface area contributed by atoms with Crippen molar-refractivity contribution in [2.45, 2.75) is 55.8 Å². The maximum Gasteiger partial charge on any atom is 0.238 e. The van der Waals surface area contributed by atoms with E-state index in [1.54, 1.807) is 11.8 Å². The average Bonchev–Trinajstić information content (AvgIpc) is 2.62.